The monoisotopic (exact) mass is 1170 g/mol. The van der Waals surface area contributed by atoms with Crippen LogP contribution in [0.15, 0.2) is 86.2 Å². The van der Waals surface area contributed by atoms with E-state index in [4.69, 9.17) is 26.4 Å². The molecule has 27 nitrogen and oxygen atoms in total. The fraction of sp³-hybridized carbons (Fsp3) is 0.383. The number of esters is 2. The lowest BCUT2D eigenvalue weighted by atomic mass is 9.96. The fourth-order valence-corrected chi connectivity index (χ4v) is 9.91. The van der Waals surface area contributed by atoms with Gasteiger partial charge in [-0.15, -0.1) is 22.7 Å². The Balaban J connectivity index is 0.000000448. The van der Waals surface area contributed by atoms with Crippen molar-refractivity contribution < 1.29 is 74.8 Å². The third-order valence-corrected chi connectivity index (χ3v) is 14.5. The van der Waals surface area contributed by atoms with Gasteiger partial charge in [0.1, 0.15) is 5.60 Å². The summed E-state index contributed by atoms with van der Waals surface area (Å²) in [5.41, 5.74) is 8.77. The number of amides is 2. The van der Waals surface area contributed by atoms with E-state index in [-0.39, 0.29) is 91.8 Å². The molecule has 0 aliphatic heterocycles. The minimum atomic E-state index is -4.18. The molecule has 2 aromatic heterocycles. The van der Waals surface area contributed by atoms with Gasteiger partial charge < -0.3 is 31.4 Å². The van der Waals surface area contributed by atoms with Crippen molar-refractivity contribution in [2.24, 2.45) is 33.7 Å². The molecule has 2 heterocycles. The van der Waals surface area contributed by atoms with E-state index in [1.54, 1.807) is 0 Å². The van der Waals surface area contributed by atoms with Gasteiger partial charge in [0.05, 0.1) is 71.0 Å². The van der Waals surface area contributed by atoms with Crippen LogP contribution in [0.5, 0.6) is 0 Å². The molecular formula is C47H59N9O18S4. The largest absolute Gasteiger partial charge is 0.481 e. The van der Waals surface area contributed by atoms with Crippen LogP contribution in [0.3, 0.4) is 0 Å². The molecule has 0 fully saturated rings. The van der Waals surface area contributed by atoms with Crippen LogP contribution in [0.25, 0.3) is 0 Å². The topological polar surface area (TPSA) is 437 Å². The van der Waals surface area contributed by atoms with Gasteiger partial charge in [-0.3, -0.25) is 68.6 Å². The number of nitro groups is 2. The Hall–Kier alpha value is -8.03. The number of methoxy groups -OCH3 is 1. The van der Waals surface area contributed by atoms with Crippen molar-refractivity contribution in [2.75, 3.05) is 16.6 Å². The second-order valence-electron chi connectivity index (χ2n) is 18.5. The number of carbonyl (C=O) groups is 7. The first-order valence-electron chi connectivity index (χ1n) is 22.7. The number of hydrogen-bond donors (Lipinski definition) is 7. The molecule has 9 N–H and O–H groups in total. The van der Waals surface area contributed by atoms with E-state index in [0.29, 0.717) is 0 Å². The van der Waals surface area contributed by atoms with Crippen molar-refractivity contribution in [3.63, 3.8) is 0 Å². The number of nitrogens with two attached hydrogens (primary N) is 2. The number of aliphatic carboxylic acids is 1. The van der Waals surface area contributed by atoms with E-state index in [0.717, 1.165) is 78.3 Å². The van der Waals surface area contributed by atoms with E-state index in [9.17, 15) is 75.7 Å². The van der Waals surface area contributed by atoms with Gasteiger partial charge in [-0.25, -0.2) is 16.8 Å². The van der Waals surface area contributed by atoms with Crippen molar-refractivity contribution in [2.45, 2.75) is 102 Å². The fourth-order valence-electron chi connectivity index (χ4n) is 6.03. The van der Waals surface area contributed by atoms with Gasteiger partial charge in [-0.2, -0.15) is 4.99 Å². The van der Waals surface area contributed by atoms with Crippen LogP contribution >= 0.6 is 22.7 Å². The molecule has 78 heavy (non-hydrogen) atoms. The maximum Gasteiger partial charge on any atom is 0.311 e. The molecule has 4 rings (SSSR count). The van der Waals surface area contributed by atoms with E-state index in [2.05, 4.69) is 19.8 Å². The maximum absolute atomic E-state index is 12.9. The summed E-state index contributed by atoms with van der Waals surface area (Å²) >= 11 is 1.87. The maximum atomic E-state index is 12.9. The molecule has 0 radical (unpaired) electrons. The van der Waals surface area contributed by atoms with E-state index >= 15 is 0 Å². The zero-order chi connectivity index (χ0) is 59.5. The highest BCUT2D eigenvalue weighted by Gasteiger charge is 2.30. The van der Waals surface area contributed by atoms with Crippen molar-refractivity contribution in [1.82, 2.24) is 5.32 Å². The molecule has 0 bridgehead atoms. The number of nitrogens with zero attached hydrogens (tertiary/aromatic N) is 3. The number of ketones is 2. The number of hydrogen-bond acceptors (Lipinski definition) is 20. The van der Waals surface area contributed by atoms with E-state index in [1.165, 1.54) is 29.8 Å². The van der Waals surface area contributed by atoms with Crippen molar-refractivity contribution in [3.05, 3.63) is 101 Å². The first-order chi connectivity index (χ1) is 36.0. The highest BCUT2D eigenvalue weighted by atomic mass is 32.2. The highest BCUT2D eigenvalue weighted by molar-refractivity contribution is 7.93. The van der Waals surface area contributed by atoms with Gasteiger partial charge in [0.15, 0.2) is 17.5 Å². The smallest absolute Gasteiger partial charge is 0.311 e. The van der Waals surface area contributed by atoms with Crippen molar-refractivity contribution in [3.8, 4) is 0 Å². The average Bonchev–Trinajstić information content (AvgIpc) is 3.99. The summed E-state index contributed by atoms with van der Waals surface area (Å²) in [4.78, 5) is 107. The quantitative estimate of drug-likeness (QED) is 0.0112. The van der Waals surface area contributed by atoms with Crippen LogP contribution < -0.4 is 26.2 Å². The number of nitrogens with one attached hydrogen (secondary N) is 4. The number of benzene rings is 2. The second-order valence-corrected chi connectivity index (χ2v) is 23.7. The average molecular weight is 1170 g/mol. The second kappa shape index (κ2) is 28.9. The Labute approximate surface area is 456 Å². The predicted molar refractivity (Wildman–Crippen MR) is 287 cm³/mol. The number of thiophene rings is 2. The zero-order valence-electron chi connectivity index (χ0n) is 43.3. The van der Waals surface area contributed by atoms with Gasteiger partial charge in [0.2, 0.25) is 11.8 Å². The number of Topliss-reactive ketones (excluding diaryl/α,β-unsaturated/α-hetero) is 2. The summed E-state index contributed by atoms with van der Waals surface area (Å²) in [6.45, 7) is 12.5. The SMILES string of the molecule is CC(C)(C)OC(=O)C(C)(C)C.COC(=O)[C@H](CCC(=O)NC(C)=N)CC(=O)c1sccc1NS(=O)(=O)c1ccc([N+](=O)[O-])cc1.NC(N)=NC(=O)CC[C@H](CC(=O)c1sccc1NS(=O)(=O)c1ccc([N+](=O)[O-])cc1)C(=O)O. The standard InChI is InChI=1S/C20H22N4O8S2.C18H19N5O8S2.C9H18O2/c1-12(21)22-18(26)8-3-13(20(27)32-2)11-17(25)19-16(9-10-33-19)23-34(30,31)15-6-4-14(5-7-15)24(28)29;19-18(20)21-15(25)6-1-10(17(26)27)9-14(24)16-13(7-8-32-16)22-33(30,31)12-4-2-11(3-5-12)23(28)29;1-8(2,3)7(10)11-9(4,5)6/h4-7,9-10,13,23H,3,8,11H2,1-2H3,(H2,21,22,26);2-5,7-8,10,22H,1,6,9H2,(H,26,27)(H4,19,20,21,25);1-6H3/t13-;10-;/m11./s1. The lowest BCUT2D eigenvalue weighted by molar-refractivity contribution is -0.385. The van der Waals surface area contributed by atoms with E-state index in [1.807, 2.05) is 41.5 Å². The number of aliphatic imine (C=N–C) groups is 1. The minimum Gasteiger partial charge on any atom is -0.481 e. The number of carboxylic acids is 1. The molecule has 0 saturated heterocycles. The van der Waals surface area contributed by atoms with Crippen LogP contribution in [0, 0.1) is 42.9 Å². The Bertz CT molecular complexity index is 3120. The third-order valence-electron chi connectivity index (χ3n) is 9.81. The number of non-ortho nitro benzene ring substituents is 2. The zero-order valence-corrected chi connectivity index (χ0v) is 46.6. The molecule has 31 heteroatoms. The Kier molecular flexibility index (Phi) is 24.5. The summed E-state index contributed by atoms with van der Waals surface area (Å²) in [6.07, 6.45) is -1.44. The number of guanidine groups is 1. The van der Waals surface area contributed by atoms with Crippen LogP contribution in [0.1, 0.15) is 106 Å². The Morgan fingerprint density at radius 3 is 1.46 bits per heavy atom. The molecule has 2 amide bonds. The third kappa shape index (κ3) is 22.3. The van der Waals surface area contributed by atoms with Crippen LogP contribution in [-0.4, -0.2) is 97.6 Å². The minimum absolute atomic E-state index is 0.00542. The summed E-state index contributed by atoms with van der Waals surface area (Å²) in [5.74, 6) is -7.25. The predicted octanol–water partition coefficient (Wildman–Crippen LogP) is 6.40. The van der Waals surface area contributed by atoms with Crippen molar-refractivity contribution >= 4 is 119 Å². The summed E-state index contributed by atoms with van der Waals surface area (Å²) < 4.78 is 64.9. The molecule has 0 aliphatic carbocycles. The molecule has 4 aromatic rings. The first-order valence-corrected chi connectivity index (χ1v) is 27.5. The number of carbonyl (C=O) groups excluding carboxylic acids is 6. The summed E-state index contributed by atoms with van der Waals surface area (Å²) in [7, 11) is -7.17. The first kappa shape index (κ1) is 66.1. The lowest BCUT2D eigenvalue weighted by Gasteiger charge is -2.25. The van der Waals surface area contributed by atoms with Gasteiger partial charge >= 0.3 is 17.9 Å². The molecule has 2 aromatic carbocycles. The van der Waals surface area contributed by atoms with Gasteiger partial charge in [-0.1, -0.05) is 0 Å². The van der Waals surface area contributed by atoms with Gasteiger partial charge in [0, 0.05) is 49.9 Å². The summed E-state index contributed by atoms with van der Waals surface area (Å²) in [6, 6.07) is 11.1. The van der Waals surface area contributed by atoms with Crippen molar-refractivity contribution in [1.29, 1.82) is 5.41 Å². The molecule has 0 aliphatic rings. The van der Waals surface area contributed by atoms with E-state index < -0.39 is 94.8 Å². The lowest BCUT2D eigenvalue weighted by Crippen LogP contribution is -2.31. The molecule has 0 unspecified atom stereocenters. The normalized spacial score (nSPS) is 12.0. The summed E-state index contributed by atoms with van der Waals surface area (Å²) in [5, 5.41) is 43.4. The number of amidine groups is 1. The molecule has 424 valence electrons. The Morgan fingerprint density at radius 1 is 0.718 bits per heavy atom. The number of anilines is 2. The number of nitro benzene ring substituents is 2. The number of rotatable bonds is 22. The number of sulfonamides is 2. The molecule has 0 spiro atoms. The van der Waals surface area contributed by atoms with Gasteiger partial charge in [-0.05, 0) is 108 Å². The van der Waals surface area contributed by atoms with Crippen LogP contribution in [0.2, 0.25) is 0 Å². The number of ether oxygens (including phenoxy) is 2. The van der Waals surface area contributed by atoms with Crippen LogP contribution in [0.4, 0.5) is 22.7 Å². The Morgan fingerprint density at radius 2 is 1.13 bits per heavy atom. The molecule has 2 atom stereocenters. The molecule has 0 saturated carbocycles. The highest BCUT2D eigenvalue weighted by Crippen LogP contribution is 2.31. The molecular weight excluding hydrogens is 1110 g/mol. The number of carboxylic acid groups (broad SMARTS) is 1. The van der Waals surface area contributed by atoms with Gasteiger partial charge in [0.25, 0.3) is 31.4 Å². The van der Waals surface area contributed by atoms with Crippen LogP contribution in [-0.2, 0) is 53.5 Å².